The Morgan fingerprint density at radius 1 is 0.591 bits per heavy atom. The molecule has 11 atom stereocenters. The van der Waals surface area contributed by atoms with E-state index in [1.54, 1.807) is 0 Å². The minimum absolute atomic E-state index is 0.277. The Kier molecular flexibility index (Phi) is 21.5. The van der Waals surface area contributed by atoms with Gasteiger partial charge in [0, 0.05) is 34.0 Å². The molecular formula is C25H53NO18. The summed E-state index contributed by atoms with van der Waals surface area (Å²) >= 11 is 0. The van der Waals surface area contributed by atoms with Crippen molar-refractivity contribution in [2.45, 2.75) is 92.0 Å². The summed E-state index contributed by atoms with van der Waals surface area (Å²) in [6, 6.07) is 0. The lowest BCUT2D eigenvalue weighted by molar-refractivity contribution is -0.302. The average molecular weight is 656 g/mol. The maximum atomic E-state index is 10.8. The van der Waals surface area contributed by atoms with E-state index < -0.39 is 119 Å². The van der Waals surface area contributed by atoms with Crippen molar-refractivity contribution in [3.05, 3.63) is 0 Å². The largest absolute Gasteiger partial charge is 0.396 e. The van der Waals surface area contributed by atoms with E-state index in [0.29, 0.717) is 0 Å². The molecule has 0 amide bonds. The lowest BCUT2D eigenvalue weighted by Crippen LogP contribution is -2.62. The predicted octanol–water partition coefficient (Wildman–Crippen LogP) is -7.35. The van der Waals surface area contributed by atoms with Crippen LogP contribution in [0.25, 0.3) is 0 Å². The van der Waals surface area contributed by atoms with Gasteiger partial charge in [-0.1, -0.05) is 0 Å². The second-order valence-electron chi connectivity index (χ2n) is 10.3. The molecule has 11 unspecified atom stereocenters. The van der Waals surface area contributed by atoms with Crippen LogP contribution in [0.2, 0.25) is 0 Å². The molecule has 0 rings (SSSR count). The summed E-state index contributed by atoms with van der Waals surface area (Å²) in [5.41, 5.74) is -1.68. The molecule has 0 aliphatic rings. The lowest BCUT2D eigenvalue weighted by atomic mass is 10.00. The Morgan fingerprint density at radius 2 is 0.977 bits per heavy atom. The van der Waals surface area contributed by atoms with Gasteiger partial charge in [0.05, 0.1) is 50.3 Å². The Bertz CT molecular complexity index is 691. The number of aliphatic hydroxyl groups excluding tert-OH is 12. The number of rotatable bonds is 27. The van der Waals surface area contributed by atoms with Crippen molar-refractivity contribution in [2.75, 3.05) is 67.5 Å². The van der Waals surface area contributed by atoms with Gasteiger partial charge >= 0.3 is 0 Å². The van der Waals surface area contributed by atoms with Gasteiger partial charge < -0.3 is 95.4 Å². The quantitative estimate of drug-likeness (QED) is 0.0365. The zero-order valence-electron chi connectivity index (χ0n) is 25.2. The predicted molar refractivity (Wildman–Crippen MR) is 146 cm³/mol. The maximum absolute atomic E-state index is 10.8. The van der Waals surface area contributed by atoms with Crippen LogP contribution in [0.15, 0.2) is 0 Å². The van der Waals surface area contributed by atoms with Gasteiger partial charge in [-0.3, -0.25) is 0 Å². The number of methoxy groups -OCH3 is 2. The molecule has 0 saturated carbocycles. The summed E-state index contributed by atoms with van der Waals surface area (Å²) < 4.78 is 26.8. The maximum Gasteiger partial charge on any atom is 0.218 e. The summed E-state index contributed by atoms with van der Waals surface area (Å²) in [6.45, 7) is -4.71. The van der Waals surface area contributed by atoms with Gasteiger partial charge in [-0.15, -0.1) is 0 Å². The van der Waals surface area contributed by atoms with Crippen molar-refractivity contribution in [3.8, 4) is 0 Å². The fraction of sp³-hybridized carbons (Fsp3) is 1.00. The van der Waals surface area contributed by atoms with Crippen LogP contribution in [0.5, 0.6) is 0 Å². The molecular weight excluding hydrogens is 602 g/mol. The molecule has 0 aromatic carbocycles. The summed E-state index contributed by atoms with van der Waals surface area (Å²) in [5, 5.41) is 132. The van der Waals surface area contributed by atoms with Crippen LogP contribution in [0, 0.1) is 0 Å². The first-order valence-electron chi connectivity index (χ1n) is 13.9. The van der Waals surface area contributed by atoms with Crippen LogP contribution < -0.4 is 5.32 Å². The van der Waals surface area contributed by atoms with Crippen LogP contribution >= 0.6 is 0 Å². The van der Waals surface area contributed by atoms with Crippen LogP contribution in [-0.2, 0) is 23.7 Å². The average Bonchev–Trinajstić information content (AvgIpc) is 3.02. The number of likely N-dealkylation sites (N-methyl/N-ethyl adjacent to an activating group) is 1. The van der Waals surface area contributed by atoms with Crippen LogP contribution in [0.3, 0.4) is 0 Å². The molecule has 0 aliphatic carbocycles. The third-order valence-corrected chi connectivity index (χ3v) is 7.01. The normalized spacial score (nSPS) is 22.1. The smallest absolute Gasteiger partial charge is 0.218 e. The van der Waals surface area contributed by atoms with Gasteiger partial charge in [-0.25, -0.2) is 0 Å². The van der Waals surface area contributed by atoms with Crippen molar-refractivity contribution >= 4 is 0 Å². The fourth-order valence-corrected chi connectivity index (χ4v) is 3.90. The molecule has 19 nitrogen and oxygen atoms in total. The van der Waals surface area contributed by atoms with Gasteiger partial charge in [-0.2, -0.15) is 0 Å². The minimum Gasteiger partial charge on any atom is -0.396 e. The number of ether oxygens (including phenoxy) is 5. The topological polar surface area (TPSA) is 321 Å². The van der Waals surface area contributed by atoms with Gasteiger partial charge in [0.15, 0.2) is 12.6 Å². The highest BCUT2D eigenvalue weighted by atomic mass is 16.7. The molecule has 19 heteroatoms. The van der Waals surface area contributed by atoms with Crippen molar-refractivity contribution in [1.82, 2.24) is 5.32 Å². The molecule has 0 aliphatic heterocycles. The zero-order valence-corrected chi connectivity index (χ0v) is 25.2. The van der Waals surface area contributed by atoms with E-state index >= 15 is 0 Å². The van der Waals surface area contributed by atoms with E-state index in [9.17, 15) is 51.1 Å². The van der Waals surface area contributed by atoms with Crippen molar-refractivity contribution in [3.63, 3.8) is 0 Å². The molecule has 0 saturated heterocycles. The lowest BCUT2D eigenvalue weighted by Gasteiger charge is -2.40. The van der Waals surface area contributed by atoms with Gasteiger partial charge in [0.25, 0.3) is 0 Å². The second kappa shape index (κ2) is 21.9. The highest BCUT2D eigenvalue weighted by molar-refractivity contribution is 4.92. The van der Waals surface area contributed by atoms with E-state index in [4.69, 9.17) is 39.0 Å². The van der Waals surface area contributed by atoms with E-state index in [2.05, 4.69) is 5.32 Å². The molecule has 0 heterocycles. The van der Waals surface area contributed by atoms with Crippen molar-refractivity contribution in [1.29, 1.82) is 0 Å². The van der Waals surface area contributed by atoms with E-state index in [1.807, 2.05) is 0 Å². The first-order valence-corrected chi connectivity index (χ1v) is 13.9. The van der Waals surface area contributed by atoms with Gasteiger partial charge in [-0.05, 0) is 26.3 Å². The first kappa shape index (κ1) is 43.2. The standard InChI is InChI=1S/C25H53NO18/c1-26-24(13-44-25(39,10-30)21(38)16(33)6-9-29,11-42-22(40-2)19(36)17(34)14(31)4-7-27)12-43-23(41-3)20(37)18(35)15(32)5-8-28/h14-23,26-39H,4-13H2,1-3H3. The molecule has 0 aromatic heterocycles. The number of nitrogens with one attached hydrogen (secondary N) is 1. The van der Waals surface area contributed by atoms with E-state index in [-0.39, 0.29) is 19.3 Å². The highest BCUT2D eigenvalue weighted by Crippen LogP contribution is 2.23. The molecule has 14 N–H and O–H groups in total. The highest BCUT2D eigenvalue weighted by Gasteiger charge is 2.45. The van der Waals surface area contributed by atoms with Crippen LogP contribution in [0.4, 0.5) is 0 Å². The first-order chi connectivity index (χ1) is 20.7. The summed E-state index contributed by atoms with van der Waals surface area (Å²) in [4.78, 5) is 0. The number of aliphatic hydroxyl groups is 13. The molecule has 0 spiro atoms. The fourth-order valence-electron chi connectivity index (χ4n) is 3.90. The molecule has 0 radical (unpaired) electrons. The van der Waals surface area contributed by atoms with Crippen molar-refractivity contribution in [2.24, 2.45) is 0 Å². The Morgan fingerprint density at radius 3 is 1.30 bits per heavy atom. The van der Waals surface area contributed by atoms with E-state index in [1.165, 1.54) is 7.05 Å². The minimum atomic E-state index is -2.80. The Hall–Kier alpha value is -0.760. The second-order valence-corrected chi connectivity index (χ2v) is 10.3. The van der Waals surface area contributed by atoms with Crippen LogP contribution in [-0.4, -0.2) is 207 Å². The molecule has 44 heavy (non-hydrogen) atoms. The number of hydrogen-bond donors (Lipinski definition) is 14. The van der Waals surface area contributed by atoms with Crippen LogP contribution in [0.1, 0.15) is 19.3 Å². The summed E-state index contributed by atoms with van der Waals surface area (Å²) in [6.07, 6.45) is -18.5. The Labute approximate surface area is 255 Å². The molecule has 0 bridgehead atoms. The van der Waals surface area contributed by atoms with Gasteiger partial charge in [0.2, 0.25) is 5.79 Å². The zero-order chi connectivity index (χ0) is 34.1. The Balaban J connectivity index is 6.16. The SMILES string of the molecule is CNC(COC(OC)C(O)C(O)C(O)CCO)(COC(OC)C(O)C(O)C(O)CCO)COC(O)(CO)C(O)C(O)CCO. The van der Waals surface area contributed by atoms with Crippen molar-refractivity contribution < 1.29 is 90.1 Å². The summed E-state index contributed by atoms with van der Waals surface area (Å²) in [7, 11) is 3.56. The third kappa shape index (κ3) is 13.2. The molecule has 266 valence electrons. The van der Waals surface area contributed by atoms with E-state index in [0.717, 1.165) is 14.2 Å². The molecule has 0 fully saturated rings. The number of hydrogen-bond acceptors (Lipinski definition) is 19. The van der Waals surface area contributed by atoms with Gasteiger partial charge in [0.1, 0.15) is 30.5 Å². The monoisotopic (exact) mass is 655 g/mol. The summed E-state index contributed by atoms with van der Waals surface area (Å²) in [5.74, 6) is -2.80. The molecule has 0 aromatic rings. The third-order valence-electron chi connectivity index (χ3n) is 7.01.